The molecule has 0 saturated heterocycles. The number of aliphatic carboxylic acids is 1. The molecule has 1 rings (SSSR count). The first kappa shape index (κ1) is 14.6. The van der Waals surface area contributed by atoms with Gasteiger partial charge in [-0.1, -0.05) is 19.9 Å². The van der Waals surface area contributed by atoms with E-state index < -0.39 is 5.97 Å². The zero-order chi connectivity index (χ0) is 13.9. The quantitative estimate of drug-likeness (QED) is 0.869. The van der Waals surface area contributed by atoms with Gasteiger partial charge in [0, 0.05) is 5.92 Å². The molecule has 0 fully saturated rings. The lowest BCUT2D eigenvalue weighted by molar-refractivity contribution is -0.137. The summed E-state index contributed by atoms with van der Waals surface area (Å²) in [6, 6.07) is 4.05. The van der Waals surface area contributed by atoms with Crippen LogP contribution in [0.5, 0.6) is 5.75 Å². The molecular formula is C15H22O3. The molecule has 100 valence electrons. The monoisotopic (exact) mass is 250 g/mol. The van der Waals surface area contributed by atoms with Crippen molar-refractivity contribution < 1.29 is 14.6 Å². The highest BCUT2D eigenvalue weighted by Gasteiger charge is 2.23. The van der Waals surface area contributed by atoms with Crippen molar-refractivity contribution in [2.75, 3.05) is 7.11 Å². The number of aryl methyl sites for hydroxylation is 2. The summed E-state index contributed by atoms with van der Waals surface area (Å²) in [5.74, 6) is 0.265. The summed E-state index contributed by atoms with van der Waals surface area (Å²) in [5, 5.41) is 9.04. The van der Waals surface area contributed by atoms with Gasteiger partial charge in [0.05, 0.1) is 13.5 Å². The Morgan fingerprint density at radius 1 is 1.28 bits per heavy atom. The summed E-state index contributed by atoms with van der Waals surface area (Å²) in [6.45, 7) is 8.16. The second-order valence-corrected chi connectivity index (χ2v) is 5.13. The number of hydrogen-bond donors (Lipinski definition) is 1. The topological polar surface area (TPSA) is 46.5 Å². The molecule has 1 atom stereocenters. The van der Waals surface area contributed by atoms with E-state index in [-0.39, 0.29) is 18.3 Å². The number of methoxy groups -OCH3 is 1. The third kappa shape index (κ3) is 3.25. The summed E-state index contributed by atoms with van der Waals surface area (Å²) < 4.78 is 5.40. The molecule has 0 spiro atoms. The molecule has 0 aliphatic heterocycles. The highest BCUT2D eigenvalue weighted by Crippen LogP contribution is 2.36. The summed E-state index contributed by atoms with van der Waals surface area (Å²) in [7, 11) is 1.63. The number of carboxylic acid groups (broad SMARTS) is 1. The van der Waals surface area contributed by atoms with Crippen LogP contribution in [0.4, 0.5) is 0 Å². The average molecular weight is 250 g/mol. The van der Waals surface area contributed by atoms with Gasteiger partial charge < -0.3 is 9.84 Å². The summed E-state index contributed by atoms with van der Waals surface area (Å²) in [6.07, 6.45) is 0.135. The lowest BCUT2D eigenvalue weighted by Crippen LogP contribution is -2.13. The van der Waals surface area contributed by atoms with Gasteiger partial charge in [0.25, 0.3) is 0 Å². The van der Waals surface area contributed by atoms with E-state index in [0.717, 1.165) is 16.9 Å². The van der Waals surface area contributed by atoms with Gasteiger partial charge in [-0.2, -0.15) is 0 Å². The van der Waals surface area contributed by atoms with E-state index in [1.54, 1.807) is 7.11 Å². The van der Waals surface area contributed by atoms with E-state index in [1.165, 1.54) is 5.56 Å². The van der Waals surface area contributed by atoms with Crippen LogP contribution < -0.4 is 4.74 Å². The van der Waals surface area contributed by atoms with Crippen molar-refractivity contribution in [3.8, 4) is 5.75 Å². The first-order valence-electron chi connectivity index (χ1n) is 6.23. The highest BCUT2D eigenvalue weighted by atomic mass is 16.5. The predicted octanol–water partition coefficient (Wildman–Crippen LogP) is 3.53. The van der Waals surface area contributed by atoms with Crippen LogP contribution in [0.1, 0.15) is 42.9 Å². The second kappa shape index (κ2) is 5.89. The van der Waals surface area contributed by atoms with E-state index >= 15 is 0 Å². The van der Waals surface area contributed by atoms with Gasteiger partial charge in [0.1, 0.15) is 5.75 Å². The zero-order valence-corrected chi connectivity index (χ0v) is 11.8. The first-order valence-corrected chi connectivity index (χ1v) is 6.23. The summed E-state index contributed by atoms with van der Waals surface area (Å²) in [4.78, 5) is 11.0. The fraction of sp³-hybridized carbons (Fsp3) is 0.533. The van der Waals surface area contributed by atoms with Gasteiger partial charge in [-0.15, -0.1) is 0 Å². The van der Waals surface area contributed by atoms with Crippen LogP contribution in [0.25, 0.3) is 0 Å². The van der Waals surface area contributed by atoms with Gasteiger partial charge in [-0.05, 0) is 42.5 Å². The maximum absolute atomic E-state index is 11.0. The highest BCUT2D eigenvalue weighted by molar-refractivity contribution is 5.68. The standard InChI is InChI=1S/C15H22O3/c1-9(2)12(8-15(16)17)13-6-10(3)11(4)7-14(13)18-5/h6-7,9,12H,8H2,1-5H3,(H,16,17). The third-order valence-corrected chi connectivity index (χ3v) is 3.44. The normalized spacial score (nSPS) is 12.6. The molecule has 1 unspecified atom stereocenters. The van der Waals surface area contributed by atoms with E-state index in [4.69, 9.17) is 9.84 Å². The van der Waals surface area contributed by atoms with Gasteiger partial charge in [-0.3, -0.25) is 4.79 Å². The molecule has 1 aromatic rings. The van der Waals surface area contributed by atoms with E-state index in [2.05, 4.69) is 6.07 Å². The minimum absolute atomic E-state index is 0.0169. The van der Waals surface area contributed by atoms with Crippen molar-refractivity contribution in [3.05, 3.63) is 28.8 Å². The minimum Gasteiger partial charge on any atom is -0.496 e. The smallest absolute Gasteiger partial charge is 0.303 e. The Labute approximate surface area is 109 Å². The Morgan fingerprint density at radius 2 is 1.83 bits per heavy atom. The minimum atomic E-state index is -0.769. The van der Waals surface area contributed by atoms with E-state index in [9.17, 15) is 4.79 Å². The lowest BCUT2D eigenvalue weighted by atomic mass is 9.84. The van der Waals surface area contributed by atoms with Crippen LogP contribution in [-0.4, -0.2) is 18.2 Å². The van der Waals surface area contributed by atoms with Crippen LogP contribution >= 0.6 is 0 Å². The van der Waals surface area contributed by atoms with E-state index in [1.807, 2.05) is 33.8 Å². The molecule has 1 N–H and O–H groups in total. The molecule has 1 aromatic carbocycles. The molecule has 0 amide bonds. The number of ether oxygens (including phenoxy) is 1. The van der Waals surface area contributed by atoms with Crippen LogP contribution in [0.3, 0.4) is 0 Å². The SMILES string of the molecule is COc1cc(C)c(C)cc1C(CC(=O)O)C(C)C. The van der Waals surface area contributed by atoms with Crippen LogP contribution in [-0.2, 0) is 4.79 Å². The van der Waals surface area contributed by atoms with Crippen LogP contribution in [0.15, 0.2) is 12.1 Å². The molecular weight excluding hydrogens is 228 g/mol. The fourth-order valence-electron chi connectivity index (χ4n) is 2.17. The number of benzene rings is 1. The zero-order valence-electron chi connectivity index (χ0n) is 11.8. The molecule has 0 bridgehead atoms. The molecule has 0 aliphatic rings. The Morgan fingerprint density at radius 3 is 2.28 bits per heavy atom. The predicted molar refractivity (Wildman–Crippen MR) is 72.3 cm³/mol. The average Bonchev–Trinajstić information content (AvgIpc) is 2.28. The van der Waals surface area contributed by atoms with Crippen LogP contribution in [0, 0.1) is 19.8 Å². The van der Waals surface area contributed by atoms with E-state index in [0.29, 0.717) is 0 Å². The van der Waals surface area contributed by atoms with Crippen molar-refractivity contribution in [3.63, 3.8) is 0 Å². The molecule has 0 saturated carbocycles. The maximum atomic E-state index is 11.0. The Hall–Kier alpha value is -1.51. The molecule has 3 heteroatoms. The lowest BCUT2D eigenvalue weighted by Gasteiger charge is -2.23. The van der Waals surface area contributed by atoms with Gasteiger partial charge in [-0.25, -0.2) is 0 Å². The van der Waals surface area contributed by atoms with Crippen molar-refractivity contribution in [1.29, 1.82) is 0 Å². The van der Waals surface area contributed by atoms with Gasteiger partial charge in [0.15, 0.2) is 0 Å². The molecule has 0 aromatic heterocycles. The first-order chi connectivity index (χ1) is 8.36. The number of carboxylic acids is 1. The number of rotatable bonds is 5. The Bertz CT molecular complexity index is 436. The number of hydrogen-bond acceptors (Lipinski definition) is 2. The van der Waals surface area contributed by atoms with Crippen LogP contribution in [0.2, 0.25) is 0 Å². The molecule has 0 radical (unpaired) electrons. The third-order valence-electron chi connectivity index (χ3n) is 3.44. The molecule has 18 heavy (non-hydrogen) atoms. The molecule has 0 aliphatic carbocycles. The molecule has 3 nitrogen and oxygen atoms in total. The Balaban J connectivity index is 3.26. The van der Waals surface area contributed by atoms with Gasteiger partial charge in [0.2, 0.25) is 0 Å². The molecule has 0 heterocycles. The number of carbonyl (C=O) groups is 1. The van der Waals surface area contributed by atoms with Crippen molar-refractivity contribution in [1.82, 2.24) is 0 Å². The van der Waals surface area contributed by atoms with Crippen molar-refractivity contribution in [2.24, 2.45) is 5.92 Å². The maximum Gasteiger partial charge on any atom is 0.303 e. The van der Waals surface area contributed by atoms with Crippen molar-refractivity contribution in [2.45, 2.75) is 40.0 Å². The summed E-state index contributed by atoms with van der Waals surface area (Å²) in [5.41, 5.74) is 3.33. The van der Waals surface area contributed by atoms with Gasteiger partial charge >= 0.3 is 5.97 Å². The van der Waals surface area contributed by atoms with Crippen molar-refractivity contribution >= 4 is 5.97 Å². The largest absolute Gasteiger partial charge is 0.496 e. The fourth-order valence-corrected chi connectivity index (χ4v) is 2.17. The summed E-state index contributed by atoms with van der Waals surface area (Å²) >= 11 is 0. The Kier molecular flexibility index (Phi) is 4.76. The second-order valence-electron chi connectivity index (χ2n) is 5.13.